The molecule has 3 N–H and O–H groups in total. The first-order chi connectivity index (χ1) is 10.0. The van der Waals surface area contributed by atoms with Crippen LogP contribution in [0.4, 0.5) is 5.69 Å². The van der Waals surface area contributed by atoms with Gasteiger partial charge in [-0.2, -0.15) is 0 Å². The predicted octanol–water partition coefficient (Wildman–Crippen LogP) is 4.30. The zero-order chi connectivity index (χ0) is 15.0. The van der Waals surface area contributed by atoms with Crippen molar-refractivity contribution in [2.45, 2.75) is 32.2 Å². The van der Waals surface area contributed by atoms with E-state index in [1.165, 1.54) is 16.9 Å². The molecule has 3 nitrogen and oxygen atoms in total. The van der Waals surface area contributed by atoms with E-state index in [1.54, 1.807) is 17.4 Å². The number of nitrogens with two attached hydrogens (primary N) is 1. The number of anilines is 1. The largest absolute Gasteiger partial charge is 0.378 e. The molecule has 0 aliphatic heterocycles. The number of halogens is 1. The van der Waals surface area contributed by atoms with Gasteiger partial charge in [0.1, 0.15) is 0 Å². The van der Waals surface area contributed by atoms with Crippen LogP contribution in [0.3, 0.4) is 0 Å². The van der Waals surface area contributed by atoms with Gasteiger partial charge >= 0.3 is 0 Å². The normalized spacial score (nSPS) is 17.3. The summed E-state index contributed by atoms with van der Waals surface area (Å²) in [7, 11) is 0. The van der Waals surface area contributed by atoms with Crippen molar-refractivity contribution < 1.29 is 4.79 Å². The van der Waals surface area contributed by atoms with Gasteiger partial charge < -0.3 is 11.1 Å². The van der Waals surface area contributed by atoms with Crippen LogP contribution in [0.1, 0.15) is 45.2 Å². The standard InChI is InChI=1S/C16H17ClN2OS/c1-9-7-10(16(18)20)5-6-12(9)19-13-3-2-4-14-11(13)8-15(17)21-14/h5-8,13,19H,2-4H2,1H3,(H2,18,20). The zero-order valence-electron chi connectivity index (χ0n) is 11.8. The third kappa shape index (κ3) is 2.92. The van der Waals surface area contributed by atoms with Crippen LogP contribution >= 0.6 is 22.9 Å². The Labute approximate surface area is 133 Å². The molecule has 1 aromatic carbocycles. The highest BCUT2D eigenvalue weighted by atomic mass is 35.5. The molecule has 1 atom stereocenters. The molecule has 110 valence electrons. The predicted molar refractivity (Wildman–Crippen MR) is 88.3 cm³/mol. The molecule has 5 heteroatoms. The third-order valence-electron chi connectivity index (χ3n) is 3.92. The fourth-order valence-electron chi connectivity index (χ4n) is 2.84. The van der Waals surface area contributed by atoms with E-state index in [1.807, 2.05) is 19.1 Å². The van der Waals surface area contributed by atoms with Crippen molar-refractivity contribution in [3.8, 4) is 0 Å². The van der Waals surface area contributed by atoms with E-state index in [4.69, 9.17) is 17.3 Å². The van der Waals surface area contributed by atoms with Gasteiger partial charge in [0.15, 0.2) is 0 Å². The number of carbonyl (C=O) groups excluding carboxylic acids is 1. The van der Waals surface area contributed by atoms with E-state index in [0.717, 1.165) is 28.4 Å². The Morgan fingerprint density at radius 3 is 2.95 bits per heavy atom. The van der Waals surface area contributed by atoms with Crippen molar-refractivity contribution in [1.29, 1.82) is 0 Å². The first kappa shape index (κ1) is 14.4. The summed E-state index contributed by atoms with van der Waals surface area (Å²) in [6, 6.07) is 7.89. The van der Waals surface area contributed by atoms with Gasteiger partial charge in [0.05, 0.1) is 10.4 Å². The summed E-state index contributed by atoms with van der Waals surface area (Å²) >= 11 is 7.82. The lowest BCUT2D eigenvalue weighted by Crippen LogP contribution is -2.17. The van der Waals surface area contributed by atoms with Gasteiger partial charge in [-0.15, -0.1) is 11.3 Å². The van der Waals surface area contributed by atoms with E-state index in [0.29, 0.717) is 5.56 Å². The summed E-state index contributed by atoms with van der Waals surface area (Å²) in [4.78, 5) is 12.6. The lowest BCUT2D eigenvalue weighted by molar-refractivity contribution is 0.1000. The van der Waals surface area contributed by atoms with Crippen LogP contribution in [-0.2, 0) is 6.42 Å². The average Bonchev–Trinajstić information content (AvgIpc) is 2.82. The van der Waals surface area contributed by atoms with Gasteiger partial charge in [0.25, 0.3) is 0 Å². The number of fused-ring (bicyclic) bond motifs is 1. The molecule has 1 amide bonds. The number of amides is 1. The lowest BCUT2D eigenvalue weighted by Gasteiger charge is -2.25. The second-order valence-corrected chi connectivity index (χ2v) is 7.18. The zero-order valence-corrected chi connectivity index (χ0v) is 13.4. The molecule has 1 aliphatic carbocycles. The number of hydrogen-bond acceptors (Lipinski definition) is 3. The highest BCUT2D eigenvalue weighted by Gasteiger charge is 2.23. The minimum absolute atomic E-state index is 0.288. The number of benzene rings is 1. The van der Waals surface area contributed by atoms with Crippen LogP contribution in [0.5, 0.6) is 0 Å². The Morgan fingerprint density at radius 2 is 2.24 bits per heavy atom. The number of carbonyl (C=O) groups is 1. The molecule has 0 bridgehead atoms. The Balaban J connectivity index is 1.86. The van der Waals surface area contributed by atoms with Gasteiger partial charge in [0.2, 0.25) is 5.91 Å². The first-order valence-corrected chi connectivity index (χ1v) is 8.19. The molecular weight excluding hydrogens is 304 g/mol. The van der Waals surface area contributed by atoms with E-state index in [2.05, 4.69) is 11.4 Å². The fraction of sp³-hybridized carbons (Fsp3) is 0.312. The summed E-state index contributed by atoms with van der Waals surface area (Å²) in [5, 5.41) is 3.58. The van der Waals surface area contributed by atoms with Crippen molar-refractivity contribution in [3.05, 3.63) is 50.2 Å². The van der Waals surface area contributed by atoms with Crippen LogP contribution < -0.4 is 11.1 Å². The van der Waals surface area contributed by atoms with Crippen LogP contribution in [0.25, 0.3) is 0 Å². The molecule has 1 aliphatic rings. The number of nitrogens with one attached hydrogen (secondary N) is 1. The number of rotatable bonds is 3. The minimum atomic E-state index is -0.394. The van der Waals surface area contributed by atoms with Gasteiger partial charge in [0, 0.05) is 16.1 Å². The van der Waals surface area contributed by atoms with Gasteiger partial charge in [-0.05, 0) is 61.6 Å². The monoisotopic (exact) mass is 320 g/mol. The molecule has 3 rings (SSSR count). The third-order valence-corrected chi connectivity index (χ3v) is 5.26. The summed E-state index contributed by atoms with van der Waals surface area (Å²) in [6.07, 6.45) is 3.38. The van der Waals surface area contributed by atoms with Gasteiger partial charge in [-0.1, -0.05) is 11.6 Å². The molecule has 0 radical (unpaired) electrons. The van der Waals surface area contributed by atoms with Gasteiger partial charge in [-0.25, -0.2) is 0 Å². The highest BCUT2D eigenvalue weighted by molar-refractivity contribution is 7.16. The van der Waals surface area contributed by atoms with Crippen molar-refractivity contribution in [3.63, 3.8) is 0 Å². The molecule has 0 saturated carbocycles. The van der Waals surface area contributed by atoms with Crippen molar-refractivity contribution in [1.82, 2.24) is 0 Å². The van der Waals surface area contributed by atoms with Crippen LogP contribution in [-0.4, -0.2) is 5.91 Å². The van der Waals surface area contributed by atoms with Crippen molar-refractivity contribution >= 4 is 34.5 Å². The topological polar surface area (TPSA) is 55.1 Å². The smallest absolute Gasteiger partial charge is 0.248 e. The lowest BCUT2D eigenvalue weighted by atomic mass is 9.93. The Kier molecular flexibility index (Phi) is 3.91. The molecule has 21 heavy (non-hydrogen) atoms. The van der Waals surface area contributed by atoms with Crippen LogP contribution in [0, 0.1) is 6.92 Å². The maximum absolute atomic E-state index is 11.2. The Hall–Kier alpha value is -1.52. The second-order valence-electron chi connectivity index (χ2n) is 5.41. The molecule has 0 fully saturated rings. The SMILES string of the molecule is Cc1cc(C(N)=O)ccc1NC1CCCc2sc(Cl)cc21. The van der Waals surface area contributed by atoms with E-state index >= 15 is 0 Å². The molecule has 2 aromatic rings. The van der Waals surface area contributed by atoms with E-state index < -0.39 is 5.91 Å². The van der Waals surface area contributed by atoms with Crippen molar-refractivity contribution in [2.75, 3.05) is 5.32 Å². The number of hydrogen-bond donors (Lipinski definition) is 2. The Bertz CT molecular complexity index is 696. The second kappa shape index (κ2) is 5.70. The average molecular weight is 321 g/mol. The van der Waals surface area contributed by atoms with Crippen molar-refractivity contribution in [2.24, 2.45) is 5.73 Å². The first-order valence-electron chi connectivity index (χ1n) is 6.99. The van der Waals surface area contributed by atoms with E-state index in [9.17, 15) is 4.79 Å². The Morgan fingerprint density at radius 1 is 1.43 bits per heavy atom. The molecule has 0 saturated heterocycles. The molecule has 0 spiro atoms. The quantitative estimate of drug-likeness (QED) is 0.886. The fourth-order valence-corrected chi connectivity index (χ4v) is 4.22. The number of aryl methyl sites for hydroxylation is 2. The number of thiophene rings is 1. The number of primary amides is 1. The van der Waals surface area contributed by atoms with Gasteiger partial charge in [-0.3, -0.25) is 4.79 Å². The van der Waals surface area contributed by atoms with E-state index in [-0.39, 0.29) is 6.04 Å². The molecule has 1 unspecified atom stereocenters. The molecule has 1 heterocycles. The maximum Gasteiger partial charge on any atom is 0.248 e. The highest BCUT2D eigenvalue weighted by Crippen LogP contribution is 2.39. The summed E-state index contributed by atoms with van der Waals surface area (Å²) in [5.74, 6) is -0.394. The minimum Gasteiger partial charge on any atom is -0.378 e. The summed E-state index contributed by atoms with van der Waals surface area (Å²) in [5.41, 5.74) is 9.24. The summed E-state index contributed by atoms with van der Waals surface area (Å²) in [6.45, 7) is 1.99. The molecule has 1 aromatic heterocycles. The molecular formula is C16H17ClN2OS. The maximum atomic E-state index is 11.2. The summed E-state index contributed by atoms with van der Waals surface area (Å²) < 4.78 is 0.856. The van der Waals surface area contributed by atoms with Crippen LogP contribution in [0.2, 0.25) is 4.34 Å². The van der Waals surface area contributed by atoms with Crippen LogP contribution in [0.15, 0.2) is 24.3 Å².